The number of carbonyl (C=O) groups excluding carboxylic acids is 1. The molecule has 16 heavy (non-hydrogen) atoms. The Hall–Kier alpha value is -1.49. The number of carbonyl (C=O) groups is 1. The van der Waals surface area contributed by atoms with E-state index in [9.17, 15) is 4.79 Å². The Morgan fingerprint density at radius 1 is 1.56 bits per heavy atom. The van der Waals surface area contributed by atoms with Gasteiger partial charge in [0, 0.05) is 11.9 Å². The molecule has 1 amide bonds. The third kappa shape index (κ3) is 1.57. The number of aromatic amines is 1. The molecule has 4 N–H and O–H groups in total. The maximum absolute atomic E-state index is 11.8. The van der Waals surface area contributed by atoms with Crippen molar-refractivity contribution in [1.82, 2.24) is 10.3 Å². The van der Waals surface area contributed by atoms with E-state index in [1.54, 1.807) is 12.3 Å². The first kappa shape index (κ1) is 9.72. The van der Waals surface area contributed by atoms with E-state index in [4.69, 9.17) is 10.5 Å². The van der Waals surface area contributed by atoms with Crippen LogP contribution in [0.1, 0.15) is 29.8 Å². The van der Waals surface area contributed by atoms with E-state index in [-0.39, 0.29) is 18.1 Å². The summed E-state index contributed by atoms with van der Waals surface area (Å²) in [6, 6.07) is 1.81. The number of anilines is 1. The zero-order valence-corrected chi connectivity index (χ0v) is 8.90. The molecule has 2 bridgehead atoms. The van der Waals surface area contributed by atoms with Crippen LogP contribution in [-0.2, 0) is 4.74 Å². The summed E-state index contributed by atoms with van der Waals surface area (Å²) in [7, 11) is 0. The van der Waals surface area contributed by atoms with Crippen molar-refractivity contribution in [2.45, 2.75) is 37.5 Å². The molecule has 0 radical (unpaired) electrons. The van der Waals surface area contributed by atoms with E-state index in [0.717, 1.165) is 19.3 Å². The van der Waals surface area contributed by atoms with Crippen LogP contribution >= 0.6 is 0 Å². The molecule has 2 fully saturated rings. The van der Waals surface area contributed by atoms with Gasteiger partial charge in [-0.15, -0.1) is 0 Å². The Morgan fingerprint density at radius 2 is 2.44 bits per heavy atom. The highest BCUT2D eigenvalue weighted by molar-refractivity contribution is 5.93. The van der Waals surface area contributed by atoms with Crippen LogP contribution in [0.4, 0.5) is 5.69 Å². The van der Waals surface area contributed by atoms with Crippen LogP contribution in [0.15, 0.2) is 12.3 Å². The quantitative estimate of drug-likeness (QED) is 0.685. The minimum atomic E-state index is -0.0992. The van der Waals surface area contributed by atoms with Crippen molar-refractivity contribution in [3.63, 3.8) is 0 Å². The maximum Gasteiger partial charge on any atom is 0.268 e. The van der Waals surface area contributed by atoms with Crippen LogP contribution in [0.2, 0.25) is 0 Å². The van der Waals surface area contributed by atoms with Gasteiger partial charge >= 0.3 is 0 Å². The van der Waals surface area contributed by atoms with Gasteiger partial charge in [0.15, 0.2) is 0 Å². The third-order valence-electron chi connectivity index (χ3n) is 3.37. The average molecular weight is 221 g/mol. The second kappa shape index (κ2) is 3.52. The van der Waals surface area contributed by atoms with Crippen LogP contribution in [0.3, 0.4) is 0 Å². The second-order valence-electron chi connectivity index (χ2n) is 4.54. The summed E-state index contributed by atoms with van der Waals surface area (Å²) in [6.07, 6.45) is 5.30. The third-order valence-corrected chi connectivity index (χ3v) is 3.37. The Bertz CT molecular complexity index is 415. The number of fused-ring (bicyclic) bond motifs is 2. The molecule has 2 aliphatic rings. The number of aromatic nitrogens is 1. The fourth-order valence-electron chi connectivity index (χ4n) is 2.58. The van der Waals surface area contributed by atoms with Crippen LogP contribution < -0.4 is 11.1 Å². The molecule has 3 heterocycles. The van der Waals surface area contributed by atoms with E-state index in [0.29, 0.717) is 17.5 Å². The summed E-state index contributed by atoms with van der Waals surface area (Å²) in [5, 5.41) is 2.99. The van der Waals surface area contributed by atoms with E-state index >= 15 is 0 Å². The minimum absolute atomic E-state index is 0.0992. The normalized spacial score (nSPS) is 31.9. The van der Waals surface area contributed by atoms with E-state index in [1.165, 1.54) is 0 Å². The Kier molecular flexibility index (Phi) is 2.14. The molecule has 1 aromatic heterocycles. The Labute approximate surface area is 93.3 Å². The molecule has 2 saturated heterocycles. The molecule has 0 saturated carbocycles. The molecule has 2 aliphatic heterocycles. The smallest absolute Gasteiger partial charge is 0.268 e. The summed E-state index contributed by atoms with van der Waals surface area (Å²) in [5.41, 5.74) is 6.64. The Morgan fingerprint density at radius 3 is 3.00 bits per heavy atom. The zero-order chi connectivity index (χ0) is 11.1. The largest absolute Gasteiger partial charge is 0.397 e. The summed E-state index contributed by atoms with van der Waals surface area (Å²) in [4.78, 5) is 14.7. The maximum atomic E-state index is 11.8. The van der Waals surface area contributed by atoms with Crippen molar-refractivity contribution >= 4 is 11.6 Å². The van der Waals surface area contributed by atoms with Crippen LogP contribution in [-0.4, -0.2) is 29.1 Å². The SMILES string of the molecule is Nc1c[nH]c(C(=O)NC2CC3CCC2O3)c1. The molecule has 3 rings (SSSR count). The average Bonchev–Trinajstić information content (AvgIpc) is 2.92. The lowest BCUT2D eigenvalue weighted by Crippen LogP contribution is -2.41. The van der Waals surface area contributed by atoms with E-state index < -0.39 is 0 Å². The molecule has 3 unspecified atom stereocenters. The highest BCUT2D eigenvalue weighted by Crippen LogP contribution is 2.34. The number of ether oxygens (including phenoxy) is 1. The van der Waals surface area contributed by atoms with Gasteiger partial charge in [0.25, 0.3) is 5.91 Å². The predicted octanol–water partition coefficient (Wildman–Crippen LogP) is 0.647. The molecular weight excluding hydrogens is 206 g/mol. The molecule has 0 aliphatic carbocycles. The molecule has 3 atom stereocenters. The standard InChI is InChI=1S/C11H15N3O2/c12-6-3-9(13-5-6)11(15)14-8-4-7-1-2-10(8)16-7/h3,5,7-8,10,13H,1-2,4,12H2,(H,14,15). The summed E-state index contributed by atoms with van der Waals surface area (Å²) >= 11 is 0. The molecule has 0 aromatic carbocycles. The van der Waals surface area contributed by atoms with Gasteiger partial charge in [0.2, 0.25) is 0 Å². The fraction of sp³-hybridized carbons (Fsp3) is 0.545. The molecular formula is C11H15N3O2. The number of amides is 1. The van der Waals surface area contributed by atoms with Crippen LogP contribution in [0, 0.1) is 0 Å². The number of hydrogen-bond donors (Lipinski definition) is 3. The summed E-state index contributed by atoms with van der Waals surface area (Å²) in [6.45, 7) is 0. The van der Waals surface area contributed by atoms with Crippen molar-refractivity contribution in [1.29, 1.82) is 0 Å². The molecule has 0 spiro atoms. The number of H-pyrrole nitrogens is 1. The number of rotatable bonds is 2. The lowest BCUT2D eigenvalue weighted by molar-refractivity contribution is 0.0838. The lowest BCUT2D eigenvalue weighted by Gasteiger charge is -2.19. The second-order valence-corrected chi connectivity index (χ2v) is 4.54. The summed E-state index contributed by atoms with van der Waals surface area (Å²) < 4.78 is 5.68. The van der Waals surface area contributed by atoms with Gasteiger partial charge in [0.05, 0.1) is 18.2 Å². The molecule has 5 nitrogen and oxygen atoms in total. The summed E-state index contributed by atoms with van der Waals surface area (Å²) in [5.74, 6) is -0.0992. The van der Waals surface area contributed by atoms with Crippen LogP contribution in [0.25, 0.3) is 0 Å². The first-order chi connectivity index (χ1) is 7.72. The van der Waals surface area contributed by atoms with Gasteiger partial charge < -0.3 is 20.8 Å². The van der Waals surface area contributed by atoms with Crippen molar-refractivity contribution in [3.8, 4) is 0 Å². The van der Waals surface area contributed by atoms with Gasteiger partial charge in [-0.05, 0) is 25.3 Å². The fourth-order valence-corrected chi connectivity index (χ4v) is 2.58. The number of nitrogen functional groups attached to an aromatic ring is 1. The zero-order valence-electron chi connectivity index (χ0n) is 8.90. The first-order valence-electron chi connectivity index (χ1n) is 5.62. The van der Waals surface area contributed by atoms with E-state index in [1.807, 2.05) is 0 Å². The topological polar surface area (TPSA) is 80.1 Å². The molecule has 86 valence electrons. The van der Waals surface area contributed by atoms with Gasteiger partial charge in [-0.25, -0.2) is 0 Å². The van der Waals surface area contributed by atoms with Gasteiger partial charge in [-0.3, -0.25) is 4.79 Å². The van der Waals surface area contributed by atoms with Crippen LogP contribution in [0.5, 0.6) is 0 Å². The van der Waals surface area contributed by atoms with Gasteiger partial charge in [-0.2, -0.15) is 0 Å². The highest BCUT2D eigenvalue weighted by Gasteiger charge is 2.41. The van der Waals surface area contributed by atoms with Crippen molar-refractivity contribution < 1.29 is 9.53 Å². The lowest BCUT2D eigenvalue weighted by atomic mass is 9.95. The predicted molar refractivity (Wildman–Crippen MR) is 59.0 cm³/mol. The number of hydrogen-bond acceptors (Lipinski definition) is 3. The minimum Gasteiger partial charge on any atom is -0.397 e. The molecule has 1 aromatic rings. The monoisotopic (exact) mass is 221 g/mol. The van der Waals surface area contributed by atoms with Crippen molar-refractivity contribution in [2.75, 3.05) is 5.73 Å². The highest BCUT2D eigenvalue weighted by atomic mass is 16.5. The van der Waals surface area contributed by atoms with Crippen molar-refractivity contribution in [2.24, 2.45) is 0 Å². The van der Waals surface area contributed by atoms with Gasteiger partial charge in [-0.1, -0.05) is 0 Å². The number of nitrogens with two attached hydrogens (primary N) is 1. The first-order valence-corrected chi connectivity index (χ1v) is 5.62. The van der Waals surface area contributed by atoms with Gasteiger partial charge in [0.1, 0.15) is 5.69 Å². The molecule has 5 heteroatoms. The van der Waals surface area contributed by atoms with Crippen molar-refractivity contribution in [3.05, 3.63) is 18.0 Å². The Balaban J connectivity index is 1.65. The number of nitrogens with one attached hydrogen (secondary N) is 2. The van der Waals surface area contributed by atoms with E-state index in [2.05, 4.69) is 10.3 Å².